The fourth-order valence-corrected chi connectivity index (χ4v) is 5.25. The largest absolute Gasteiger partial charge is 0.495 e. The van der Waals surface area contributed by atoms with Crippen molar-refractivity contribution in [2.45, 2.75) is 14.7 Å². The summed E-state index contributed by atoms with van der Waals surface area (Å²) in [7, 11) is -6.45. The van der Waals surface area contributed by atoms with E-state index in [1.165, 1.54) is 37.4 Å². The van der Waals surface area contributed by atoms with Crippen molar-refractivity contribution in [1.29, 1.82) is 0 Å². The summed E-state index contributed by atoms with van der Waals surface area (Å²) in [6.45, 7) is 0. The minimum Gasteiger partial charge on any atom is -0.495 e. The molecule has 0 saturated carbocycles. The van der Waals surface area contributed by atoms with Crippen LogP contribution in [0, 0.1) is 0 Å². The van der Waals surface area contributed by atoms with Gasteiger partial charge in [-0.3, -0.25) is 4.72 Å². The van der Waals surface area contributed by atoms with Crippen molar-refractivity contribution in [3.63, 3.8) is 0 Å². The van der Waals surface area contributed by atoms with E-state index in [1.54, 1.807) is 36.4 Å². The van der Waals surface area contributed by atoms with Crippen molar-refractivity contribution in [2.24, 2.45) is 0 Å². The summed E-state index contributed by atoms with van der Waals surface area (Å²) < 4.78 is 59.5. The summed E-state index contributed by atoms with van der Waals surface area (Å²) in [6, 6.07) is 17.9. The Hall–Kier alpha value is -2.36. The van der Waals surface area contributed by atoms with Crippen LogP contribution in [0.25, 0.3) is 0 Å². The van der Waals surface area contributed by atoms with Crippen molar-refractivity contribution in [1.82, 2.24) is 0 Å². The lowest BCUT2D eigenvalue weighted by molar-refractivity contribution is 0.417. The van der Waals surface area contributed by atoms with E-state index in [9.17, 15) is 16.8 Å². The lowest BCUT2D eigenvalue weighted by Gasteiger charge is -2.12. The van der Waals surface area contributed by atoms with Crippen LogP contribution in [0.4, 0.5) is 5.69 Å². The third-order valence-corrected chi connectivity index (χ3v) is 7.56. The molecule has 1 N–H and O–H groups in total. The van der Waals surface area contributed by atoms with Crippen LogP contribution >= 0.6 is 15.9 Å². The molecule has 6 nitrogen and oxygen atoms in total. The van der Waals surface area contributed by atoms with Crippen LogP contribution in [0.15, 0.2) is 92.0 Å². The molecule has 28 heavy (non-hydrogen) atoms. The van der Waals surface area contributed by atoms with Gasteiger partial charge < -0.3 is 4.74 Å². The molecule has 3 rings (SSSR count). The molecule has 3 aromatic rings. The van der Waals surface area contributed by atoms with Gasteiger partial charge in [0.05, 0.1) is 27.5 Å². The van der Waals surface area contributed by atoms with Crippen molar-refractivity contribution in [2.75, 3.05) is 11.8 Å². The van der Waals surface area contributed by atoms with E-state index >= 15 is 0 Å². The van der Waals surface area contributed by atoms with Gasteiger partial charge in [0, 0.05) is 4.47 Å². The molecule has 0 aliphatic carbocycles. The minimum atomic E-state index is -4.02. The van der Waals surface area contributed by atoms with E-state index in [4.69, 9.17) is 4.74 Å². The Morgan fingerprint density at radius 2 is 1.43 bits per heavy atom. The second-order valence-corrected chi connectivity index (χ2v) is 10.3. The average Bonchev–Trinajstić information content (AvgIpc) is 2.68. The number of anilines is 1. The van der Waals surface area contributed by atoms with Gasteiger partial charge in [-0.25, -0.2) is 16.8 Å². The number of hydrogen-bond acceptors (Lipinski definition) is 5. The van der Waals surface area contributed by atoms with Crippen LogP contribution in [0.1, 0.15) is 0 Å². The lowest BCUT2D eigenvalue weighted by atomic mass is 10.3. The summed E-state index contributed by atoms with van der Waals surface area (Å²) in [5.74, 6) is 0.352. The highest BCUT2D eigenvalue weighted by atomic mass is 79.9. The van der Waals surface area contributed by atoms with Gasteiger partial charge in [-0.1, -0.05) is 34.1 Å². The molecule has 0 aliphatic heterocycles. The lowest BCUT2D eigenvalue weighted by Crippen LogP contribution is -2.14. The molecule has 0 spiro atoms. The van der Waals surface area contributed by atoms with E-state index in [2.05, 4.69) is 20.7 Å². The Labute approximate surface area is 172 Å². The molecule has 0 amide bonds. The first-order chi connectivity index (χ1) is 13.2. The number of rotatable bonds is 6. The average molecular weight is 482 g/mol. The van der Waals surface area contributed by atoms with Crippen molar-refractivity contribution in [3.8, 4) is 5.75 Å². The highest BCUT2D eigenvalue weighted by molar-refractivity contribution is 9.10. The van der Waals surface area contributed by atoms with Crippen molar-refractivity contribution < 1.29 is 21.6 Å². The zero-order valence-electron chi connectivity index (χ0n) is 14.7. The summed E-state index contributed by atoms with van der Waals surface area (Å²) >= 11 is 3.26. The third kappa shape index (κ3) is 4.21. The van der Waals surface area contributed by atoms with E-state index in [0.717, 1.165) is 10.5 Å². The molecule has 0 heterocycles. The monoisotopic (exact) mass is 481 g/mol. The minimum absolute atomic E-state index is 0.0722. The second kappa shape index (κ2) is 7.94. The van der Waals surface area contributed by atoms with Crippen LogP contribution in [0.2, 0.25) is 0 Å². The maximum Gasteiger partial charge on any atom is 0.262 e. The molecule has 0 fully saturated rings. The highest BCUT2D eigenvalue weighted by Gasteiger charge is 2.22. The van der Waals surface area contributed by atoms with E-state index in [0.29, 0.717) is 5.75 Å². The number of ether oxygens (including phenoxy) is 1. The first kappa shape index (κ1) is 20.4. The molecular weight excluding hydrogens is 466 g/mol. The zero-order valence-corrected chi connectivity index (χ0v) is 17.9. The predicted octanol–water partition coefficient (Wildman–Crippen LogP) is 4.09. The second-order valence-electron chi connectivity index (χ2n) is 5.74. The topological polar surface area (TPSA) is 89.5 Å². The van der Waals surface area contributed by atoms with Gasteiger partial charge in [-0.15, -0.1) is 0 Å². The number of para-hydroxylation sites is 2. The van der Waals surface area contributed by atoms with E-state index < -0.39 is 19.9 Å². The number of benzene rings is 3. The molecule has 3 aromatic carbocycles. The van der Waals surface area contributed by atoms with Crippen molar-refractivity contribution in [3.05, 3.63) is 77.3 Å². The fourth-order valence-electron chi connectivity index (χ4n) is 2.49. The van der Waals surface area contributed by atoms with Crippen LogP contribution in [0.5, 0.6) is 5.75 Å². The Morgan fingerprint density at radius 1 is 0.786 bits per heavy atom. The van der Waals surface area contributed by atoms with E-state index in [1.807, 2.05) is 0 Å². The zero-order chi connectivity index (χ0) is 20.4. The van der Waals surface area contributed by atoms with Gasteiger partial charge in [0.1, 0.15) is 5.75 Å². The number of sulfonamides is 1. The molecule has 9 heteroatoms. The van der Waals surface area contributed by atoms with E-state index in [-0.39, 0.29) is 20.4 Å². The maximum absolute atomic E-state index is 12.8. The number of nitrogens with one attached hydrogen (secondary N) is 1. The Bertz CT molecular complexity index is 1210. The molecule has 0 radical (unpaired) electrons. The number of halogens is 1. The van der Waals surface area contributed by atoms with Gasteiger partial charge in [0.2, 0.25) is 9.84 Å². The van der Waals surface area contributed by atoms with Crippen LogP contribution in [0.3, 0.4) is 0 Å². The smallest absolute Gasteiger partial charge is 0.262 e. The molecule has 0 atom stereocenters. The number of hydrogen-bond donors (Lipinski definition) is 1. The van der Waals surface area contributed by atoms with Gasteiger partial charge >= 0.3 is 0 Å². The number of sulfone groups is 1. The summed E-state index contributed by atoms with van der Waals surface area (Å²) in [5.41, 5.74) is 0.256. The fraction of sp³-hybridized carbons (Fsp3) is 0.0526. The first-order valence-electron chi connectivity index (χ1n) is 8.00. The Kier molecular flexibility index (Phi) is 5.78. The van der Waals surface area contributed by atoms with Crippen LogP contribution in [-0.2, 0) is 19.9 Å². The van der Waals surface area contributed by atoms with Crippen molar-refractivity contribution >= 4 is 41.5 Å². The van der Waals surface area contributed by atoms with Crippen LogP contribution < -0.4 is 9.46 Å². The molecule has 0 saturated heterocycles. The standard InChI is InChI=1S/C19H16BrNO5S2/c1-26-19-8-3-2-7-18(19)21-28(24,25)17-6-4-5-16(13-17)27(22,23)15-11-9-14(20)10-12-15/h2-13,21H,1H3. The summed E-state index contributed by atoms with van der Waals surface area (Å²) in [6.07, 6.45) is 0. The molecule has 0 aromatic heterocycles. The van der Waals surface area contributed by atoms with Gasteiger partial charge in [-0.2, -0.15) is 0 Å². The molecular formula is C19H16BrNO5S2. The predicted molar refractivity (Wildman–Crippen MR) is 110 cm³/mol. The third-order valence-electron chi connectivity index (χ3n) is 3.90. The van der Waals surface area contributed by atoms with Gasteiger partial charge in [0.25, 0.3) is 10.0 Å². The Balaban J connectivity index is 1.99. The Morgan fingerprint density at radius 3 is 2.11 bits per heavy atom. The quantitative estimate of drug-likeness (QED) is 0.572. The van der Waals surface area contributed by atoms with Crippen LogP contribution in [-0.4, -0.2) is 23.9 Å². The van der Waals surface area contributed by atoms with Gasteiger partial charge in [-0.05, 0) is 54.6 Å². The SMILES string of the molecule is COc1ccccc1NS(=O)(=O)c1cccc(S(=O)(=O)c2ccc(Br)cc2)c1. The first-order valence-corrected chi connectivity index (χ1v) is 11.8. The molecule has 0 unspecified atom stereocenters. The highest BCUT2D eigenvalue weighted by Crippen LogP contribution is 2.28. The number of methoxy groups -OCH3 is 1. The summed E-state index contributed by atoms with van der Waals surface area (Å²) in [4.78, 5) is -0.211. The summed E-state index contributed by atoms with van der Waals surface area (Å²) in [5, 5.41) is 0. The van der Waals surface area contributed by atoms with Gasteiger partial charge in [0.15, 0.2) is 0 Å². The molecule has 0 bridgehead atoms. The maximum atomic E-state index is 12.8. The normalized spacial score (nSPS) is 11.8. The molecule has 146 valence electrons. The molecule has 0 aliphatic rings.